The highest BCUT2D eigenvalue weighted by molar-refractivity contribution is 5.76. The van der Waals surface area contributed by atoms with Gasteiger partial charge in [-0.1, -0.05) is 0 Å². The number of primary amides is 1. The predicted octanol–water partition coefficient (Wildman–Crippen LogP) is -3.82. The highest BCUT2D eigenvalue weighted by Gasteiger charge is 2.43. The molecule has 1 aromatic heterocycles. The number of carbonyl (C=O) groups is 1. The quantitative estimate of drug-likeness (QED) is 0.379. The Hall–Kier alpha value is -2.01. The second kappa shape index (κ2) is 5.77. The van der Waals surface area contributed by atoms with Crippen LogP contribution >= 0.6 is 0 Å². The lowest BCUT2D eigenvalue weighted by atomic mass is 10.1. The van der Waals surface area contributed by atoms with Crippen molar-refractivity contribution in [1.82, 2.24) is 9.55 Å². The van der Waals surface area contributed by atoms with Gasteiger partial charge in [0.1, 0.15) is 18.3 Å². The maximum Gasteiger partial charge on any atom is 0.330 e. The van der Waals surface area contributed by atoms with Crippen LogP contribution in [-0.2, 0) is 16.0 Å². The van der Waals surface area contributed by atoms with Gasteiger partial charge in [-0.3, -0.25) is 19.1 Å². The Kier molecular flexibility index (Phi) is 4.23. The van der Waals surface area contributed by atoms with Gasteiger partial charge in [-0.25, -0.2) is 4.79 Å². The monoisotopic (exact) mass is 301 g/mol. The molecule has 116 valence electrons. The molecule has 1 fully saturated rings. The van der Waals surface area contributed by atoms with Crippen LogP contribution in [0.5, 0.6) is 0 Å². The van der Waals surface area contributed by atoms with Crippen molar-refractivity contribution < 1.29 is 24.9 Å². The van der Waals surface area contributed by atoms with Crippen LogP contribution in [0.25, 0.3) is 0 Å². The van der Waals surface area contributed by atoms with E-state index < -0.39 is 54.7 Å². The van der Waals surface area contributed by atoms with E-state index >= 15 is 0 Å². The number of amides is 1. The molecule has 21 heavy (non-hydrogen) atoms. The van der Waals surface area contributed by atoms with Crippen LogP contribution in [0.15, 0.2) is 15.8 Å². The number of aromatic nitrogens is 2. The molecule has 1 aliphatic rings. The maximum atomic E-state index is 11.8. The molecular weight excluding hydrogens is 286 g/mol. The van der Waals surface area contributed by atoms with Gasteiger partial charge in [-0.2, -0.15) is 0 Å². The van der Waals surface area contributed by atoms with E-state index in [4.69, 9.17) is 15.6 Å². The first-order chi connectivity index (χ1) is 9.85. The van der Waals surface area contributed by atoms with Gasteiger partial charge >= 0.3 is 5.69 Å². The van der Waals surface area contributed by atoms with Gasteiger partial charge in [0, 0.05) is 11.8 Å². The summed E-state index contributed by atoms with van der Waals surface area (Å²) >= 11 is 0. The number of aromatic amines is 1. The molecule has 0 spiro atoms. The minimum absolute atomic E-state index is 0.0835. The molecule has 0 aromatic carbocycles. The fourth-order valence-corrected chi connectivity index (χ4v) is 2.14. The highest BCUT2D eigenvalue weighted by Crippen LogP contribution is 2.27. The van der Waals surface area contributed by atoms with E-state index in [2.05, 4.69) is 0 Å². The molecule has 0 radical (unpaired) electrons. The summed E-state index contributed by atoms with van der Waals surface area (Å²) in [6.07, 6.45) is -4.60. The SMILES string of the molecule is NC(=O)Cc1cn([C@@H]2O[C@H](CO)C(O)C2O)c(=O)[nH]c1=O. The Morgan fingerprint density at radius 3 is 2.57 bits per heavy atom. The molecule has 2 unspecified atom stereocenters. The van der Waals surface area contributed by atoms with Crippen molar-refractivity contribution in [2.45, 2.75) is 31.0 Å². The van der Waals surface area contributed by atoms with Gasteiger partial charge in [0.25, 0.3) is 5.56 Å². The Morgan fingerprint density at radius 1 is 1.38 bits per heavy atom. The van der Waals surface area contributed by atoms with E-state index in [0.29, 0.717) is 0 Å². The number of nitrogens with zero attached hydrogens (tertiary/aromatic N) is 1. The summed E-state index contributed by atoms with van der Waals surface area (Å²) in [5.74, 6) is -0.771. The van der Waals surface area contributed by atoms with Crippen molar-refractivity contribution >= 4 is 5.91 Å². The van der Waals surface area contributed by atoms with E-state index in [9.17, 15) is 24.6 Å². The summed E-state index contributed by atoms with van der Waals surface area (Å²) in [6, 6.07) is 0. The van der Waals surface area contributed by atoms with Crippen LogP contribution < -0.4 is 17.0 Å². The van der Waals surface area contributed by atoms with Crippen molar-refractivity contribution in [3.63, 3.8) is 0 Å². The molecule has 1 saturated heterocycles. The Morgan fingerprint density at radius 2 is 2.05 bits per heavy atom. The summed E-state index contributed by atoms with van der Waals surface area (Å²) in [6.45, 7) is -0.555. The van der Waals surface area contributed by atoms with Crippen LogP contribution in [0, 0.1) is 0 Å². The van der Waals surface area contributed by atoms with Crippen molar-refractivity contribution in [1.29, 1.82) is 0 Å². The molecule has 2 heterocycles. The normalized spacial score (nSPS) is 28.7. The number of hydrogen-bond acceptors (Lipinski definition) is 7. The average molecular weight is 301 g/mol. The first kappa shape index (κ1) is 15.4. The van der Waals surface area contributed by atoms with Crippen molar-refractivity contribution in [3.8, 4) is 0 Å². The van der Waals surface area contributed by atoms with Crippen molar-refractivity contribution in [2.75, 3.05) is 6.61 Å². The number of rotatable bonds is 4. The molecule has 0 aliphatic carbocycles. The molecule has 1 aliphatic heterocycles. The Bertz CT molecular complexity index is 652. The summed E-state index contributed by atoms with van der Waals surface area (Å²) in [4.78, 5) is 36.2. The number of nitrogens with one attached hydrogen (secondary N) is 1. The molecule has 10 nitrogen and oxygen atoms in total. The maximum absolute atomic E-state index is 11.8. The van der Waals surface area contributed by atoms with Crippen LogP contribution in [0.2, 0.25) is 0 Å². The third kappa shape index (κ3) is 2.88. The van der Waals surface area contributed by atoms with E-state index in [0.717, 1.165) is 10.8 Å². The second-order valence-corrected chi connectivity index (χ2v) is 4.69. The fourth-order valence-electron chi connectivity index (χ4n) is 2.14. The molecule has 0 saturated carbocycles. The van der Waals surface area contributed by atoms with Gasteiger partial charge in [-0.15, -0.1) is 0 Å². The van der Waals surface area contributed by atoms with E-state index in [-0.39, 0.29) is 5.56 Å². The topological polar surface area (TPSA) is 168 Å². The smallest absolute Gasteiger partial charge is 0.330 e. The number of ether oxygens (including phenoxy) is 1. The molecule has 1 amide bonds. The van der Waals surface area contributed by atoms with E-state index in [1.807, 2.05) is 4.98 Å². The standard InChI is InChI=1S/C11H15N3O7/c12-6(16)1-4-2-14(11(20)13-9(4)19)10-8(18)7(17)5(3-15)21-10/h2,5,7-8,10,15,17-18H,1,3H2,(H2,12,16)(H,13,19,20)/t5-,7?,8?,10-/m1/s1. The van der Waals surface area contributed by atoms with Crippen LogP contribution in [0.4, 0.5) is 0 Å². The lowest BCUT2D eigenvalue weighted by Crippen LogP contribution is -2.39. The van der Waals surface area contributed by atoms with E-state index in [1.54, 1.807) is 0 Å². The van der Waals surface area contributed by atoms with Crippen LogP contribution in [0.1, 0.15) is 11.8 Å². The molecule has 1 aromatic rings. The zero-order valence-corrected chi connectivity index (χ0v) is 10.8. The third-order valence-corrected chi connectivity index (χ3v) is 3.20. The summed E-state index contributed by atoms with van der Waals surface area (Å²) in [5, 5.41) is 28.5. The first-order valence-corrected chi connectivity index (χ1v) is 6.10. The minimum atomic E-state index is -1.48. The van der Waals surface area contributed by atoms with Crippen LogP contribution in [0.3, 0.4) is 0 Å². The van der Waals surface area contributed by atoms with Gasteiger partial charge in [0.2, 0.25) is 5.91 Å². The van der Waals surface area contributed by atoms with Crippen molar-refractivity contribution in [2.24, 2.45) is 5.73 Å². The number of carbonyl (C=O) groups excluding carboxylic acids is 1. The summed E-state index contributed by atoms with van der Waals surface area (Å²) in [5.41, 5.74) is 3.25. The zero-order chi connectivity index (χ0) is 15.7. The Labute approximate surface area is 117 Å². The predicted molar refractivity (Wildman–Crippen MR) is 67.2 cm³/mol. The number of aliphatic hydroxyl groups is 3. The lowest BCUT2D eigenvalue weighted by Gasteiger charge is -2.17. The van der Waals surface area contributed by atoms with Gasteiger partial charge in [-0.05, 0) is 0 Å². The van der Waals surface area contributed by atoms with Gasteiger partial charge in [0.15, 0.2) is 6.23 Å². The molecule has 0 bridgehead atoms. The third-order valence-electron chi connectivity index (χ3n) is 3.20. The molecule has 4 atom stereocenters. The number of hydrogen-bond donors (Lipinski definition) is 5. The number of aliphatic hydroxyl groups excluding tert-OH is 3. The first-order valence-electron chi connectivity index (χ1n) is 6.10. The highest BCUT2D eigenvalue weighted by atomic mass is 16.6. The summed E-state index contributed by atoms with van der Waals surface area (Å²) in [7, 11) is 0. The van der Waals surface area contributed by atoms with Gasteiger partial charge < -0.3 is 25.8 Å². The minimum Gasteiger partial charge on any atom is -0.394 e. The lowest BCUT2D eigenvalue weighted by molar-refractivity contribution is -0.117. The largest absolute Gasteiger partial charge is 0.394 e. The second-order valence-electron chi connectivity index (χ2n) is 4.69. The molecular formula is C11H15N3O7. The van der Waals surface area contributed by atoms with Crippen molar-refractivity contribution in [3.05, 3.63) is 32.6 Å². The molecule has 10 heteroatoms. The zero-order valence-electron chi connectivity index (χ0n) is 10.8. The van der Waals surface area contributed by atoms with Gasteiger partial charge in [0.05, 0.1) is 13.0 Å². The number of H-pyrrole nitrogens is 1. The Balaban J connectivity index is 2.42. The number of nitrogens with two attached hydrogens (primary N) is 1. The fraction of sp³-hybridized carbons (Fsp3) is 0.545. The average Bonchev–Trinajstić information content (AvgIpc) is 2.69. The molecule has 2 rings (SSSR count). The van der Waals surface area contributed by atoms with Crippen LogP contribution in [-0.4, -0.2) is 55.7 Å². The van der Waals surface area contributed by atoms with E-state index in [1.165, 1.54) is 0 Å². The summed E-state index contributed by atoms with van der Waals surface area (Å²) < 4.78 is 6.01. The molecule has 6 N–H and O–H groups in total.